The minimum atomic E-state index is -4.49. The van der Waals surface area contributed by atoms with Crippen LogP contribution in [0.1, 0.15) is 33.3 Å². The first kappa shape index (κ1) is 20.1. The second kappa shape index (κ2) is 6.81. The number of halogens is 3. The highest BCUT2D eigenvalue weighted by Crippen LogP contribution is 2.36. The summed E-state index contributed by atoms with van der Waals surface area (Å²) < 4.78 is 62.3. The predicted octanol–water partition coefficient (Wildman–Crippen LogP) is 2.03. The van der Waals surface area contributed by atoms with E-state index in [-0.39, 0.29) is 10.5 Å². The highest BCUT2D eigenvalue weighted by Gasteiger charge is 2.51. The molecule has 1 aliphatic heterocycles. The first-order valence-electron chi connectivity index (χ1n) is 7.48. The highest BCUT2D eigenvalue weighted by atomic mass is 32.2. The second-order valence-electron chi connectivity index (χ2n) is 6.66. The van der Waals surface area contributed by atoms with E-state index in [0.29, 0.717) is 5.46 Å². The fraction of sp³-hybridized carbons (Fsp3) is 0.533. The molecule has 136 valence electrons. The van der Waals surface area contributed by atoms with Gasteiger partial charge in [0.1, 0.15) is 18.2 Å². The molecule has 1 aliphatic rings. The minimum Gasteiger partial charge on any atom is -0.593 e. The predicted molar refractivity (Wildman–Crippen MR) is 87.3 cm³/mol. The van der Waals surface area contributed by atoms with Crippen molar-refractivity contribution in [3.05, 3.63) is 23.8 Å². The zero-order chi connectivity index (χ0) is 19.0. The van der Waals surface area contributed by atoms with E-state index in [1.807, 2.05) is 38.5 Å². The lowest BCUT2D eigenvalue weighted by atomic mass is 9.78. The van der Waals surface area contributed by atoms with E-state index in [0.717, 1.165) is 0 Å². The molecule has 0 aliphatic carbocycles. The fourth-order valence-corrected chi connectivity index (χ4v) is 3.09. The Balaban J connectivity index is 2.22. The standard InChI is InChI=1S/C15H18BF3N2O3S/c1-13(2)14(3,4)24-16(23-13)11-5-6-12(10(7-11)8-20)25(22)21-9-15(17,18)19/h5-7,21H,9H2,1-4H3. The number of nitrogens with zero attached hydrogens (tertiary/aromatic N) is 1. The topological polar surface area (TPSA) is 77.3 Å². The molecule has 0 bridgehead atoms. The Morgan fingerprint density at radius 2 is 1.80 bits per heavy atom. The van der Waals surface area contributed by atoms with Gasteiger partial charge in [0.15, 0.2) is 4.90 Å². The number of hydrogen-bond acceptors (Lipinski definition) is 5. The summed E-state index contributed by atoms with van der Waals surface area (Å²) in [5.41, 5.74) is -0.604. The second-order valence-corrected chi connectivity index (χ2v) is 7.93. The summed E-state index contributed by atoms with van der Waals surface area (Å²) in [5, 5.41) is 9.25. The van der Waals surface area contributed by atoms with Gasteiger partial charge in [0.2, 0.25) is 0 Å². The Hall–Kier alpha value is -1.25. The maximum absolute atomic E-state index is 12.2. The van der Waals surface area contributed by atoms with Gasteiger partial charge < -0.3 is 13.9 Å². The van der Waals surface area contributed by atoms with Crippen molar-refractivity contribution in [3.8, 4) is 6.07 Å². The minimum absolute atomic E-state index is 0.000204. The van der Waals surface area contributed by atoms with E-state index in [1.165, 1.54) is 18.2 Å². The summed E-state index contributed by atoms with van der Waals surface area (Å²) in [4.78, 5) is -0.0213. The van der Waals surface area contributed by atoms with Gasteiger partial charge in [-0.05, 0) is 45.3 Å². The van der Waals surface area contributed by atoms with Gasteiger partial charge in [-0.15, -0.1) is 4.72 Å². The molecule has 10 heteroatoms. The van der Waals surface area contributed by atoms with E-state index in [1.54, 1.807) is 0 Å². The van der Waals surface area contributed by atoms with E-state index in [4.69, 9.17) is 9.31 Å². The summed E-state index contributed by atoms with van der Waals surface area (Å²) in [7, 11) is -0.720. The van der Waals surface area contributed by atoms with Crippen molar-refractivity contribution < 1.29 is 27.0 Å². The van der Waals surface area contributed by atoms with Gasteiger partial charge in [0.25, 0.3) is 0 Å². The third-order valence-electron chi connectivity index (χ3n) is 4.25. The molecule has 2 rings (SSSR count). The highest BCUT2D eigenvalue weighted by molar-refractivity contribution is 7.89. The zero-order valence-corrected chi connectivity index (χ0v) is 15.0. The largest absolute Gasteiger partial charge is 0.593 e. The summed E-state index contributed by atoms with van der Waals surface area (Å²) in [6, 6.07) is 6.15. The molecule has 1 fully saturated rings. The lowest BCUT2D eigenvalue weighted by Crippen LogP contribution is -2.41. The zero-order valence-electron chi connectivity index (χ0n) is 14.2. The maximum atomic E-state index is 12.2. The number of hydrogen-bond donors (Lipinski definition) is 1. The van der Waals surface area contributed by atoms with Gasteiger partial charge in [0.05, 0.1) is 22.6 Å². The molecule has 0 radical (unpaired) electrons. The molecule has 0 spiro atoms. The Kier molecular flexibility index (Phi) is 5.47. The number of rotatable bonds is 4. The average molecular weight is 374 g/mol. The molecule has 0 amide bonds. The van der Waals surface area contributed by atoms with Crippen LogP contribution in [-0.2, 0) is 20.7 Å². The molecule has 1 saturated heterocycles. The number of alkyl halides is 3. The Morgan fingerprint density at radius 3 is 2.28 bits per heavy atom. The van der Waals surface area contributed by atoms with Crippen LogP contribution in [0.3, 0.4) is 0 Å². The molecular formula is C15H18BF3N2O3S. The van der Waals surface area contributed by atoms with Crippen molar-refractivity contribution in [2.75, 3.05) is 6.54 Å². The molecule has 1 heterocycles. The van der Waals surface area contributed by atoms with Crippen LogP contribution in [0.15, 0.2) is 23.1 Å². The van der Waals surface area contributed by atoms with E-state index in [9.17, 15) is 23.0 Å². The van der Waals surface area contributed by atoms with E-state index < -0.39 is 42.4 Å². The Labute approximate surface area is 147 Å². The number of nitriles is 1. The van der Waals surface area contributed by atoms with Gasteiger partial charge in [-0.25, -0.2) is 0 Å². The summed E-state index contributed by atoms with van der Waals surface area (Å²) in [6.45, 7) is 6.10. The smallest absolute Gasteiger partial charge is 0.494 e. The van der Waals surface area contributed by atoms with Crippen LogP contribution in [0.2, 0.25) is 0 Å². The molecule has 1 unspecified atom stereocenters. The molecule has 5 nitrogen and oxygen atoms in total. The molecule has 0 aromatic heterocycles. The van der Waals surface area contributed by atoms with Crippen molar-refractivity contribution >= 4 is 23.9 Å². The van der Waals surface area contributed by atoms with Gasteiger partial charge in [-0.1, -0.05) is 6.07 Å². The van der Waals surface area contributed by atoms with Crippen LogP contribution in [-0.4, -0.2) is 35.6 Å². The first-order valence-corrected chi connectivity index (χ1v) is 8.63. The quantitative estimate of drug-likeness (QED) is 0.645. The molecule has 1 atom stereocenters. The first-order chi connectivity index (χ1) is 11.4. The van der Waals surface area contributed by atoms with Crippen molar-refractivity contribution in [2.24, 2.45) is 0 Å². The third-order valence-corrected chi connectivity index (χ3v) is 5.41. The molecule has 1 aromatic rings. The molecular weight excluding hydrogens is 356 g/mol. The molecule has 1 aromatic carbocycles. The van der Waals surface area contributed by atoms with Gasteiger partial charge in [0, 0.05) is 0 Å². The van der Waals surface area contributed by atoms with Crippen LogP contribution in [0.4, 0.5) is 13.2 Å². The normalized spacial score (nSPS) is 20.4. The van der Waals surface area contributed by atoms with Crippen LogP contribution in [0.25, 0.3) is 0 Å². The number of nitrogens with one attached hydrogen (secondary N) is 1. The molecule has 0 saturated carbocycles. The fourth-order valence-electron chi connectivity index (χ4n) is 2.15. The van der Waals surface area contributed by atoms with Crippen LogP contribution in [0, 0.1) is 11.3 Å². The average Bonchev–Trinajstić information content (AvgIpc) is 2.71. The van der Waals surface area contributed by atoms with Gasteiger partial charge in [-0.3, -0.25) is 0 Å². The third kappa shape index (κ3) is 4.48. The Morgan fingerprint density at radius 1 is 1.24 bits per heavy atom. The van der Waals surface area contributed by atoms with Crippen LogP contribution in [0.5, 0.6) is 0 Å². The monoisotopic (exact) mass is 374 g/mol. The van der Waals surface area contributed by atoms with E-state index >= 15 is 0 Å². The van der Waals surface area contributed by atoms with Crippen molar-refractivity contribution in [2.45, 2.75) is 50.0 Å². The van der Waals surface area contributed by atoms with Crippen LogP contribution >= 0.6 is 0 Å². The Bertz CT molecular complexity index is 676. The van der Waals surface area contributed by atoms with Crippen molar-refractivity contribution in [1.82, 2.24) is 4.72 Å². The van der Waals surface area contributed by atoms with Gasteiger partial charge >= 0.3 is 13.3 Å². The van der Waals surface area contributed by atoms with Crippen molar-refractivity contribution in [1.29, 1.82) is 5.26 Å². The maximum Gasteiger partial charge on any atom is 0.494 e. The molecule has 1 N–H and O–H groups in total. The number of benzene rings is 1. The summed E-state index contributed by atoms with van der Waals surface area (Å²) in [5.74, 6) is 0. The SMILES string of the molecule is CC1(C)OB(c2ccc([S+]([O-])NCC(F)(F)F)c(C#N)c2)OC1(C)C. The van der Waals surface area contributed by atoms with Gasteiger partial charge in [-0.2, -0.15) is 18.4 Å². The lowest BCUT2D eigenvalue weighted by molar-refractivity contribution is -0.121. The van der Waals surface area contributed by atoms with Crippen LogP contribution < -0.4 is 10.2 Å². The lowest BCUT2D eigenvalue weighted by Gasteiger charge is -2.32. The molecule has 25 heavy (non-hydrogen) atoms. The van der Waals surface area contributed by atoms with Crippen molar-refractivity contribution in [3.63, 3.8) is 0 Å². The van der Waals surface area contributed by atoms with E-state index in [2.05, 4.69) is 0 Å². The summed E-state index contributed by atoms with van der Waals surface area (Å²) in [6.07, 6.45) is -4.49. The summed E-state index contributed by atoms with van der Waals surface area (Å²) >= 11 is -2.16.